The first-order chi connectivity index (χ1) is 14.2. The highest BCUT2D eigenvalue weighted by molar-refractivity contribution is 7.99. The third kappa shape index (κ3) is 3.60. The van der Waals surface area contributed by atoms with Crippen LogP contribution in [0.15, 0.2) is 76.4 Å². The molecule has 1 N–H and O–H groups in total. The van der Waals surface area contributed by atoms with Gasteiger partial charge in [0.2, 0.25) is 11.7 Å². The summed E-state index contributed by atoms with van der Waals surface area (Å²) in [5.74, 6) is 0.237. The minimum absolute atomic E-state index is 0.190. The molecule has 1 saturated heterocycles. The molecule has 1 aliphatic rings. The molecule has 0 bridgehead atoms. The van der Waals surface area contributed by atoms with Crippen LogP contribution in [0.25, 0.3) is 22.2 Å². The molecule has 3 aromatic carbocycles. The van der Waals surface area contributed by atoms with Crippen molar-refractivity contribution < 1.29 is 19.0 Å². The van der Waals surface area contributed by atoms with Gasteiger partial charge in [-0.3, -0.25) is 0 Å². The predicted molar refractivity (Wildman–Crippen MR) is 110 cm³/mol. The van der Waals surface area contributed by atoms with Gasteiger partial charge >= 0.3 is 0 Å². The molecule has 7 heteroatoms. The SMILES string of the molecule is Oc1ccc(-c2nnc(SCC3(c4ccc5ccccc5c4)OCCO3)o2)cc1. The number of thioether (sulfide) groups is 1. The molecule has 0 atom stereocenters. The normalized spacial score (nSPS) is 15.7. The van der Waals surface area contributed by atoms with Crippen molar-refractivity contribution in [3.8, 4) is 17.2 Å². The van der Waals surface area contributed by atoms with E-state index in [-0.39, 0.29) is 5.75 Å². The molecular formula is C22H18N2O4S. The van der Waals surface area contributed by atoms with Gasteiger partial charge < -0.3 is 19.0 Å². The van der Waals surface area contributed by atoms with Crippen molar-refractivity contribution in [2.75, 3.05) is 19.0 Å². The third-order valence-corrected chi connectivity index (χ3v) is 5.79. The van der Waals surface area contributed by atoms with Crippen molar-refractivity contribution in [3.05, 3.63) is 72.3 Å². The Hall–Kier alpha value is -2.87. The van der Waals surface area contributed by atoms with Crippen LogP contribution in [0.1, 0.15) is 5.56 Å². The van der Waals surface area contributed by atoms with Gasteiger partial charge in [-0.2, -0.15) is 0 Å². The van der Waals surface area contributed by atoms with Crippen molar-refractivity contribution in [1.82, 2.24) is 10.2 Å². The Morgan fingerprint density at radius 2 is 1.66 bits per heavy atom. The summed E-state index contributed by atoms with van der Waals surface area (Å²) in [6.07, 6.45) is 0. The van der Waals surface area contributed by atoms with Gasteiger partial charge in [0, 0.05) is 11.1 Å². The first-order valence-corrected chi connectivity index (χ1v) is 10.2. The molecule has 0 radical (unpaired) electrons. The van der Waals surface area contributed by atoms with E-state index in [9.17, 15) is 5.11 Å². The highest BCUT2D eigenvalue weighted by atomic mass is 32.2. The molecule has 4 aromatic rings. The summed E-state index contributed by atoms with van der Waals surface area (Å²) in [6.45, 7) is 1.08. The maximum atomic E-state index is 9.42. The van der Waals surface area contributed by atoms with Crippen molar-refractivity contribution in [2.24, 2.45) is 0 Å². The smallest absolute Gasteiger partial charge is 0.277 e. The Labute approximate surface area is 171 Å². The Morgan fingerprint density at radius 3 is 2.45 bits per heavy atom. The van der Waals surface area contributed by atoms with Gasteiger partial charge in [0.25, 0.3) is 5.22 Å². The molecule has 6 nitrogen and oxygen atoms in total. The zero-order valence-corrected chi connectivity index (χ0v) is 16.3. The Balaban J connectivity index is 1.38. The van der Waals surface area contributed by atoms with E-state index in [1.165, 1.54) is 17.1 Å². The number of hydrogen-bond acceptors (Lipinski definition) is 7. The van der Waals surface area contributed by atoms with Crippen LogP contribution in [0.2, 0.25) is 0 Å². The Morgan fingerprint density at radius 1 is 0.897 bits per heavy atom. The molecule has 1 aromatic heterocycles. The van der Waals surface area contributed by atoms with E-state index in [0.29, 0.717) is 30.1 Å². The average Bonchev–Trinajstić information content (AvgIpc) is 3.43. The standard InChI is InChI=1S/C22H18N2O4S/c25-19-9-6-16(7-10-19)20-23-24-21(28-20)29-14-22(26-11-12-27-22)18-8-5-15-3-1-2-4-17(15)13-18/h1-10,13,25H,11-12,14H2. The summed E-state index contributed by atoms with van der Waals surface area (Å²) in [5, 5.41) is 20.4. The number of phenols is 1. The van der Waals surface area contributed by atoms with E-state index in [2.05, 4.69) is 34.5 Å². The first kappa shape index (κ1) is 18.2. The summed E-state index contributed by atoms with van der Waals surface area (Å²) in [7, 11) is 0. The quantitative estimate of drug-likeness (QED) is 0.486. The molecule has 0 spiro atoms. The highest BCUT2D eigenvalue weighted by Gasteiger charge is 2.39. The molecule has 5 rings (SSSR count). The van der Waals surface area contributed by atoms with Crippen LogP contribution in [0, 0.1) is 0 Å². The second kappa shape index (κ2) is 7.51. The van der Waals surface area contributed by atoms with Gasteiger partial charge in [-0.1, -0.05) is 48.2 Å². The molecule has 146 valence electrons. The second-order valence-corrected chi connectivity index (χ2v) is 7.65. The van der Waals surface area contributed by atoms with Crippen LogP contribution in [0.3, 0.4) is 0 Å². The lowest BCUT2D eigenvalue weighted by Crippen LogP contribution is -2.30. The Bertz CT molecular complexity index is 1140. The highest BCUT2D eigenvalue weighted by Crippen LogP contribution is 2.38. The van der Waals surface area contributed by atoms with E-state index in [0.717, 1.165) is 16.5 Å². The largest absolute Gasteiger partial charge is 0.508 e. The van der Waals surface area contributed by atoms with Crippen molar-refractivity contribution in [2.45, 2.75) is 11.0 Å². The molecule has 0 unspecified atom stereocenters. The lowest BCUT2D eigenvalue weighted by atomic mass is 10.0. The summed E-state index contributed by atoms with van der Waals surface area (Å²) in [4.78, 5) is 0. The molecule has 2 heterocycles. The van der Waals surface area contributed by atoms with Gasteiger partial charge in [0.1, 0.15) is 5.75 Å². The van der Waals surface area contributed by atoms with Crippen molar-refractivity contribution >= 4 is 22.5 Å². The fourth-order valence-corrected chi connectivity index (χ4v) is 4.24. The van der Waals surface area contributed by atoms with Gasteiger partial charge in [-0.25, -0.2) is 0 Å². The van der Waals surface area contributed by atoms with Gasteiger partial charge in [0.05, 0.1) is 19.0 Å². The second-order valence-electron chi connectivity index (χ2n) is 6.72. The predicted octanol–water partition coefficient (Wildman–Crippen LogP) is 4.59. The van der Waals surface area contributed by atoms with Crippen LogP contribution >= 0.6 is 11.8 Å². The number of ether oxygens (including phenoxy) is 2. The topological polar surface area (TPSA) is 77.6 Å². The summed E-state index contributed by atoms with van der Waals surface area (Å²) in [6, 6.07) is 21.1. The first-order valence-electron chi connectivity index (χ1n) is 9.25. The van der Waals surface area contributed by atoms with Crippen LogP contribution in [0.4, 0.5) is 0 Å². The minimum Gasteiger partial charge on any atom is -0.508 e. The molecule has 1 aliphatic heterocycles. The van der Waals surface area contributed by atoms with E-state index < -0.39 is 5.79 Å². The number of benzene rings is 3. The van der Waals surface area contributed by atoms with Gasteiger partial charge in [-0.15, -0.1) is 10.2 Å². The number of fused-ring (bicyclic) bond motifs is 1. The average molecular weight is 406 g/mol. The van der Waals surface area contributed by atoms with Crippen molar-refractivity contribution in [1.29, 1.82) is 0 Å². The van der Waals surface area contributed by atoms with E-state index >= 15 is 0 Å². The zero-order valence-electron chi connectivity index (χ0n) is 15.4. The van der Waals surface area contributed by atoms with Gasteiger partial charge in [0.15, 0.2) is 0 Å². The third-order valence-electron chi connectivity index (χ3n) is 4.85. The molecule has 1 fully saturated rings. The molecule has 0 amide bonds. The number of aromatic nitrogens is 2. The molecular weight excluding hydrogens is 388 g/mol. The van der Waals surface area contributed by atoms with Crippen LogP contribution in [0.5, 0.6) is 5.75 Å². The molecule has 0 saturated carbocycles. The van der Waals surface area contributed by atoms with Crippen LogP contribution < -0.4 is 0 Å². The summed E-state index contributed by atoms with van der Waals surface area (Å²) in [5.41, 5.74) is 1.72. The lowest BCUT2D eigenvalue weighted by Gasteiger charge is -2.27. The number of hydrogen-bond donors (Lipinski definition) is 1. The number of phenolic OH excluding ortho intramolecular Hbond substituents is 1. The fraction of sp³-hybridized carbons (Fsp3) is 0.182. The number of aromatic hydroxyl groups is 1. The summed E-state index contributed by atoms with van der Waals surface area (Å²) >= 11 is 1.40. The number of rotatable bonds is 5. The molecule has 0 aliphatic carbocycles. The summed E-state index contributed by atoms with van der Waals surface area (Å²) < 4.78 is 17.9. The molecule has 29 heavy (non-hydrogen) atoms. The maximum absolute atomic E-state index is 9.42. The van der Waals surface area contributed by atoms with Crippen molar-refractivity contribution in [3.63, 3.8) is 0 Å². The minimum atomic E-state index is -0.845. The van der Waals surface area contributed by atoms with Crippen LogP contribution in [-0.4, -0.2) is 34.3 Å². The van der Waals surface area contributed by atoms with E-state index in [1.807, 2.05) is 18.2 Å². The van der Waals surface area contributed by atoms with Crippen LogP contribution in [-0.2, 0) is 15.3 Å². The maximum Gasteiger partial charge on any atom is 0.277 e. The monoisotopic (exact) mass is 406 g/mol. The van der Waals surface area contributed by atoms with E-state index in [1.54, 1.807) is 24.3 Å². The van der Waals surface area contributed by atoms with Gasteiger partial charge in [-0.05, 0) is 41.1 Å². The lowest BCUT2D eigenvalue weighted by molar-refractivity contribution is -0.145. The van der Waals surface area contributed by atoms with E-state index in [4.69, 9.17) is 13.9 Å². The fourth-order valence-electron chi connectivity index (χ4n) is 3.36. The number of nitrogens with zero attached hydrogens (tertiary/aromatic N) is 2. The Kier molecular flexibility index (Phi) is 4.71. The zero-order chi connectivity index (χ0) is 19.7.